The van der Waals surface area contributed by atoms with Crippen molar-refractivity contribution in [2.75, 3.05) is 39.0 Å². The van der Waals surface area contributed by atoms with Gasteiger partial charge in [0.1, 0.15) is 12.1 Å². The monoisotopic (exact) mass is 477 g/mol. The van der Waals surface area contributed by atoms with Crippen LogP contribution in [0, 0.1) is 11.8 Å². The molecule has 1 aliphatic heterocycles. The summed E-state index contributed by atoms with van der Waals surface area (Å²) in [5.41, 5.74) is -0.395. The molecule has 0 atom stereocenters. The summed E-state index contributed by atoms with van der Waals surface area (Å²) < 4.78 is 39.2. The standard InChI is InChI=1S/C24H30F3N5O2/c1-31(2)23(34)16-3-6-18(7-4-16)32-12-15(13-32)9-19(33)11-28-22-20-10-17(24(25,26)27)5-8-21(20)29-14-30-22/h5,8,10,14-16,18H,3-4,6-7,9,11-13H2,1-2H3,(H,28,29,30). The lowest BCUT2D eigenvalue weighted by Crippen LogP contribution is -2.54. The minimum Gasteiger partial charge on any atom is -0.362 e. The van der Waals surface area contributed by atoms with E-state index >= 15 is 0 Å². The number of hydrogen-bond donors (Lipinski definition) is 1. The third-order valence-corrected chi connectivity index (χ3v) is 6.92. The molecule has 184 valence electrons. The Morgan fingerprint density at radius 2 is 1.82 bits per heavy atom. The number of rotatable bonds is 7. The van der Waals surface area contributed by atoms with Gasteiger partial charge in [-0.15, -0.1) is 0 Å². The molecule has 34 heavy (non-hydrogen) atoms. The summed E-state index contributed by atoms with van der Waals surface area (Å²) >= 11 is 0. The fourth-order valence-corrected chi connectivity index (χ4v) is 5.04. The lowest BCUT2D eigenvalue weighted by atomic mass is 9.82. The molecule has 2 aromatic rings. The zero-order chi connectivity index (χ0) is 24.5. The van der Waals surface area contributed by atoms with Gasteiger partial charge in [-0.25, -0.2) is 9.97 Å². The maximum absolute atomic E-state index is 13.1. The van der Waals surface area contributed by atoms with Crippen LogP contribution >= 0.6 is 0 Å². The van der Waals surface area contributed by atoms with E-state index in [-0.39, 0.29) is 41.3 Å². The Balaban J connectivity index is 1.24. The summed E-state index contributed by atoms with van der Waals surface area (Å²) in [5, 5.41) is 3.14. The van der Waals surface area contributed by atoms with Crippen molar-refractivity contribution in [1.29, 1.82) is 0 Å². The molecule has 0 radical (unpaired) electrons. The number of alkyl halides is 3. The van der Waals surface area contributed by atoms with Crippen LogP contribution < -0.4 is 5.32 Å². The highest BCUT2D eigenvalue weighted by atomic mass is 19.4. The molecule has 10 heteroatoms. The van der Waals surface area contributed by atoms with Gasteiger partial charge in [0, 0.05) is 51.0 Å². The van der Waals surface area contributed by atoms with Gasteiger partial charge >= 0.3 is 6.18 Å². The summed E-state index contributed by atoms with van der Waals surface area (Å²) in [6.45, 7) is 1.75. The van der Waals surface area contributed by atoms with Gasteiger partial charge in [0.2, 0.25) is 5.91 Å². The molecule has 1 N–H and O–H groups in total. The molecule has 0 spiro atoms. The number of nitrogens with one attached hydrogen (secondary N) is 1. The van der Waals surface area contributed by atoms with E-state index in [4.69, 9.17) is 0 Å². The Labute approximate surface area is 196 Å². The molecule has 2 aliphatic rings. The van der Waals surface area contributed by atoms with E-state index in [2.05, 4.69) is 20.2 Å². The van der Waals surface area contributed by atoms with Crippen LogP contribution in [0.5, 0.6) is 0 Å². The van der Waals surface area contributed by atoms with Crippen molar-refractivity contribution in [2.24, 2.45) is 11.8 Å². The normalized spacial score (nSPS) is 21.8. The Morgan fingerprint density at radius 1 is 1.12 bits per heavy atom. The molecule has 0 unspecified atom stereocenters. The summed E-state index contributed by atoms with van der Waals surface area (Å²) in [6.07, 6.45) is 1.07. The zero-order valence-electron chi connectivity index (χ0n) is 19.4. The van der Waals surface area contributed by atoms with Crippen LogP contribution in [0.1, 0.15) is 37.7 Å². The van der Waals surface area contributed by atoms with Crippen LogP contribution in [0.3, 0.4) is 0 Å². The number of ketones is 1. The molecule has 1 aromatic carbocycles. The van der Waals surface area contributed by atoms with Gasteiger partial charge in [0.05, 0.1) is 17.6 Å². The molecular formula is C24H30F3N5O2. The van der Waals surface area contributed by atoms with Gasteiger partial charge in [0.25, 0.3) is 0 Å². The van der Waals surface area contributed by atoms with Crippen LogP contribution in [0.4, 0.5) is 19.0 Å². The van der Waals surface area contributed by atoms with E-state index in [0.717, 1.165) is 50.9 Å². The minimum atomic E-state index is -4.46. The Hall–Kier alpha value is -2.75. The van der Waals surface area contributed by atoms with E-state index in [9.17, 15) is 22.8 Å². The molecular weight excluding hydrogens is 447 g/mol. The molecule has 7 nitrogen and oxygen atoms in total. The second kappa shape index (κ2) is 9.85. The van der Waals surface area contributed by atoms with Crippen molar-refractivity contribution in [2.45, 2.75) is 44.3 Å². The third-order valence-electron chi connectivity index (χ3n) is 6.92. The maximum Gasteiger partial charge on any atom is 0.416 e. The van der Waals surface area contributed by atoms with Gasteiger partial charge in [-0.2, -0.15) is 13.2 Å². The summed E-state index contributed by atoms with van der Waals surface area (Å²) in [6, 6.07) is 3.77. The minimum absolute atomic E-state index is 0.00340. The number of fused-ring (bicyclic) bond motifs is 1. The Morgan fingerprint density at radius 3 is 2.47 bits per heavy atom. The number of hydrogen-bond acceptors (Lipinski definition) is 6. The number of Topliss-reactive ketones (excluding diaryl/α,β-unsaturated/α-hetero) is 1. The molecule has 4 rings (SSSR count). The molecule has 2 fully saturated rings. The molecule has 1 saturated heterocycles. The van der Waals surface area contributed by atoms with Crippen LogP contribution in [0.25, 0.3) is 10.9 Å². The van der Waals surface area contributed by atoms with Crippen LogP contribution in [0.2, 0.25) is 0 Å². The number of nitrogens with zero attached hydrogens (tertiary/aromatic N) is 4. The number of aromatic nitrogens is 2. The van der Waals surface area contributed by atoms with E-state index in [1.54, 1.807) is 19.0 Å². The zero-order valence-corrected chi connectivity index (χ0v) is 19.4. The highest BCUT2D eigenvalue weighted by Crippen LogP contribution is 2.34. The third kappa shape index (κ3) is 5.48. The number of anilines is 1. The van der Waals surface area contributed by atoms with Crippen molar-refractivity contribution >= 4 is 28.4 Å². The molecule has 1 aliphatic carbocycles. The highest BCUT2D eigenvalue weighted by Gasteiger charge is 2.37. The SMILES string of the molecule is CN(C)C(=O)C1CCC(N2CC(CC(=O)CNc3ncnc4ccc(C(F)(F)F)cc34)C2)CC1. The second-order valence-corrected chi connectivity index (χ2v) is 9.61. The Kier molecular flexibility index (Phi) is 7.06. The van der Waals surface area contributed by atoms with Gasteiger partial charge < -0.3 is 10.2 Å². The first kappa shape index (κ1) is 24.4. The largest absolute Gasteiger partial charge is 0.416 e. The molecule has 2 heterocycles. The molecule has 1 amide bonds. The number of halogens is 3. The average Bonchev–Trinajstić information content (AvgIpc) is 2.78. The first-order valence-electron chi connectivity index (χ1n) is 11.6. The number of benzene rings is 1. The van der Waals surface area contributed by atoms with Crippen molar-refractivity contribution in [3.8, 4) is 0 Å². The van der Waals surface area contributed by atoms with Crippen molar-refractivity contribution in [1.82, 2.24) is 19.8 Å². The number of amides is 1. The van der Waals surface area contributed by atoms with Crippen molar-refractivity contribution in [3.63, 3.8) is 0 Å². The van der Waals surface area contributed by atoms with Gasteiger partial charge in [-0.3, -0.25) is 14.5 Å². The maximum atomic E-state index is 13.1. The first-order chi connectivity index (χ1) is 16.1. The topological polar surface area (TPSA) is 78.4 Å². The van der Waals surface area contributed by atoms with E-state index in [0.29, 0.717) is 18.0 Å². The fourth-order valence-electron chi connectivity index (χ4n) is 5.04. The van der Waals surface area contributed by atoms with E-state index in [1.165, 1.54) is 12.4 Å². The predicted octanol–water partition coefficient (Wildman–Crippen LogP) is 3.60. The summed E-state index contributed by atoms with van der Waals surface area (Å²) in [4.78, 5) is 36.8. The van der Waals surface area contributed by atoms with Crippen LogP contribution in [-0.2, 0) is 15.8 Å². The molecule has 1 aromatic heterocycles. The fraction of sp³-hybridized carbons (Fsp3) is 0.583. The number of likely N-dealkylation sites (tertiary alicyclic amines) is 1. The van der Waals surface area contributed by atoms with E-state index < -0.39 is 11.7 Å². The molecule has 1 saturated carbocycles. The van der Waals surface area contributed by atoms with Gasteiger partial charge in [0.15, 0.2) is 5.78 Å². The predicted molar refractivity (Wildman–Crippen MR) is 122 cm³/mol. The molecule has 0 bridgehead atoms. The smallest absolute Gasteiger partial charge is 0.362 e. The van der Waals surface area contributed by atoms with Crippen molar-refractivity contribution < 1.29 is 22.8 Å². The van der Waals surface area contributed by atoms with Crippen LogP contribution in [0.15, 0.2) is 24.5 Å². The highest BCUT2D eigenvalue weighted by molar-refractivity contribution is 5.91. The first-order valence-corrected chi connectivity index (χ1v) is 11.6. The Bertz CT molecular complexity index is 1040. The quantitative estimate of drug-likeness (QED) is 0.657. The second-order valence-electron chi connectivity index (χ2n) is 9.61. The van der Waals surface area contributed by atoms with E-state index in [1.807, 2.05) is 0 Å². The van der Waals surface area contributed by atoms with Crippen LogP contribution in [-0.4, -0.2) is 71.2 Å². The lowest BCUT2D eigenvalue weighted by Gasteiger charge is -2.46. The van der Waals surface area contributed by atoms with Gasteiger partial charge in [-0.05, 0) is 49.8 Å². The average molecular weight is 478 g/mol. The van der Waals surface area contributed by atoms with Crippen molar-refractivity contribution in [3.05, 3.63) is 30.1 Å². The van der Waals surface area contributed by atoms with Gasteiger partial charge in [-0.1, -0.05) is 0 Å². The lowest BCUT2D eigenvalue weighted by molar-refractivity contribution is -0.137. The number of carbonyl (C=O) groups is 2. The summed E-state index contributed by atoms with van der Waals surface area (Å²) in [5.74, 6) is 0.854. The summed E-state index contributed by atoms with van der Waals surface area (Å²) in [7, 11) is 3.60. The number of carbonyl (C=O) groups excluding carboxylic acids is 2.